The van der Waals surface area contributed by atoms with Gasteiger partial charge in [0, 0.05) is 24.7 Å². The van der Waals surface area contributed by atoms with Crippen LogP contribution in [0.25, 0.3) is 0 Å². The Morgan fingerprint density at radius 3 is 2.56 bits per heavy atom. The first kappa shape index (κ1) is 13.1. The first-order valence-electron chi connectivity index (χ1n) is 6.62. The van der Waals surface area contributed by atoms with E-state index in [4.69, 9.17) is 0 Å². The van der Waals surface area contributed by atoms with Crippen molar-refractivity contribution in [3.63, 3.8) is 0 Å². The molecule has 18 heavy (non-hydrogen) atoms. The molecule has 0 aliphatic carbocycles. The second-order valence-corrected chi connectivity index (χ2v) is 5.70. The molecule has 1 fully saturated rings. The average molecular weight is 246 g/mol. The maximum absolute atomic E-state index is 12.2. The maximum Gasteiger partial charge on any atom is 0.251 e. The van der Waals surface area contributed by atoms with Crippen LogP contribution >= 0.6 is 0 Å². The predicted molar refractivity (Wildman–Crippen MR) is 73.6 cm³/mol. The SMILES string of the molecule is CC(C)N1CCC(C)(NC(=O)c2ccccc2)C1. The third kappa shape index (κ3) is 2.91. The highest BCUT2D eigenvalue weighted by Crippen LogP contribution is 2.23. The number of benzene rings is 1. The fourth-order valence-electron chi connectivity index (χ4n) is 2.48. The molecule has 3 nitrogen and oxygen atoms in total. The lowest BCUT2D eigenvalue weighted by Crippen LogP contribution is -2.48. The number of hydrogen-bond acceptors (Lipinski definition) is 2. The molecule has 0 saturated carbocycles. The first-order valence-corrected chi connectivity index (χ1v) is 6.62. The van der Waals surface area contributed by atoms with Gasteiger partial charge in [-0.3, -0.25) is 9.69 Å². The third-order valence-electron chi connectivity index (χ3n) is 3.68. The molecule has 1 heterocycles. The molecule has 3 heteroatoms. The van der Waals surface area contributed by atoms with Gasteiger partial charge in [-0.25, -0.2) is 0 Å². The topological polar surface area (TPSA) is 32.3 Å². The van der Waals surface area contributed by atoms with Crippen molar-refractivity contribution in [3.05, 3.63) is 35.9 Å². The highest BCUT2D eigenvalue weighted by atomic mass is 16.1. The molecule has 1 aliphatic rings. The predicted octanol–water partition coefficient (Wildman–Crippen LogP) is 2.29. The fraction of sp³-hybridized carbons (Fsp3) is 0.533. The molecule has 0 radical (unpaired) electrons. The average Bonchev–Trinajstić information content (AvgIpc) is 2.73. The summed E-state index contributed by atoms with van der Waals surface area (Å²) in [4.78, 5) is 14.6. The summed E-state index contributed by atoms with van der Waals surface area (Å²) in [6, 6.07) is 9.97. The van der Waals surface area contributed by atoms with Crippen molar-refractivity contribution >= 4 is 5.91 Å². The van der Waals surface area contributed by atoms with E-state index in [1.165, 1.54) is 0 Å². The monoisotopic (exact) mass is 246 g/mol. The summed E-state index contributed by atoms with van der Waals surface area (Å²) in [5.74, 6) is 0.0312. The van der Waals surface area contributed by atoms with Crippen LogP contribution in [0.4, 0.5) is 0 Å². The molecule has 1 aromatic carbocycles. The fourth-order valence-corrected chi connectivity index (χ4v) is 2.48. The van der Waals surface area contributed by atoms with E-state index >= 15 is 0 Å². The minimum atomic E-state index is -0.100. The molecule has 0 spiro atoms. The van der Waals surface area contributed by atoms with Crippen LogP contribution in [0.15, 0.2) is 30.3 Å². The Balaban J connectivity index is 2.00. The lowest BCUT2D eigenvalue weighted by atomic mass is 10.0. The summed E-state index contributed by atoms with van der Waals surface area (Å²) >= 11 is 0. The molecular formula is C15H22N2O. The number of carbonyl (C=O) groups is 1. The van der Waals surface area contributed by atoms with Gasteiger partial charge < -0.3 is 5.32 Å². The zero-order valence-corrected chi connectivity index (χ0v) is 11.4. The van der Waals surface area contributed by atoms with Crippen molar-refractivity contribution in [3.8, 4) is 0 Å². The van der Waals surface area contributed by atoms with E-state index in [1.807, 2.05) is 30.3 Å². The van der Waals surface area contributed by atoms with Crippen LogP contribution in [0, 0.1) is 0 Å². The zero-order valence-electron chi connectivity index (χ0n) is 11.4. The van der Waals surface area contributed by atoms with Crippen LogP contribution in [-0.4, -0.2) is 35.5 Å². The summed E-state index contributed by atoms with van der Waals surface area (Å²) < 4.78 is 0. The van der Waals surface area contributed by atoms with Crippen molar-refractivity contribution in [1.82, 2.24) is 10.2 Å². The van der Waals surface area contributed by atoms with Gasteiger partial charge in [0.15, 0.2) is 0 Å². The van der Waals surface area contributed by atoms with Gasteiger partial charge in [-0.1, -0.05) is 18.2 Å². The lowest BCUT2D eigenvalue weighted by Gasteiger charge is -2.27. The van der Waals surface area contributed by atoms with E-state index in [0.717, 1.165) is 25.1 Å². The summed E-state index contributed by atoms with van der Waals surface area (Å²) in [6.07, 6.45) is 1.02. The Kier molecular flexibility index (Phi) is 3.71. The van der Waals surface area contributed by atoms with Gasteiger partial charge in [0.05, 0.1) is 5.54 Å². The Morgan fingerprint density at radius 1 is 1.33 bits per heavy atom. The minimum absolute atomic E-state index is 0.0312. The quantitative estimate of drug-likeness (QED) is 0.887. The van der Waals surface area contributed by atoms with E-state index < -0.39 is 0 Å². The molecule has 1 unspecified atom stereocenters. The van der Waals surface area contributed by atoms with E-state index in [0.29, 0.717) is 6.04 Å². The van der Waals surface area contributed by atoms with E-state index in [1.54, 1.807) is 0 Å². The van der Waals surface area contributed by atoms with Gasteiger partial charge in [0.1, 0.15) is 0 Å². The highest BCUT2D eigenvalue weighted by molar-refractivity contribution is 5.94. The largest absolute Gasteiger partial charge is 0.346 e. The Hall–Kier alpha value is -1.35. The van der Waals surface area contributed by atoms with Crippen LogP contribution in [0.3, 0.4) is 0 Å². The number of carbonyl (C=O) groups excluding carboxylic acids is 1. The van der Waals surface area contributed by atoms with E-state index in [2.05, 4.69) is 31.0 Å². The summed E-state index contributed by atoms with van der Waals surface area (Å²) in [5, 5.41) is 3.18. The van der Waals surface area contributed by atoms with Crippen LogP contribution in [0.5, 0.6) is 0 Å². The van der Waals surface area contributed by atoms with Gasteiger partial charge in [-0.15, -0.1) is 0 Å². The molecule has 1 aliphatic heterocycles. The van der Waals surface area contributed by atoms with Gasteiger partial charge in [0.2, 0.25) is 0 Å². The molecule has 0 aromatic heterocycles. The Labute approximate surface area is 109 Å². The van der Waals surface area contributed by atoms with E-state index in [-0.39, 0.29) is 11.4 Å². The molecule has 1 amide bonds. The van der Waals surface area contributed by atoms with Crippen LogP contribution in [-0.2, 0) is 0 Å². The number of hydrogen-bond donors (Lipinski definition) is 1. The minimum Gasteiger partial charge on any atom is -0.346 e. The lowest BCUT2D eigenvalue weighted by molar-refractivity contribution is 0.0905. The molecule has 0 bridgehead atoms. The molecule has 98 valence electrons. The number of rotatable bonds is 3. The van der Waals surface area contributed by atoms with Crippen molar-refractivity contribution in [1.29, 1.82) is 0 Å². The van der Waals surface area contributed by atoms with Gasteiger partial charge in [0.25, 0.3) is 5.91 Å². The molecular weight excluding hydrogens is 224 g/mol. The van der Waals surface area contributed by atoms with Crippen molar-refractivity contribution < 1.29 is 4.79 Å². The number of amides is 1. The Bertz CT molecular complexity index is 416. The zero-order chi connectivity index (χ0) is 13.2. The van der Waals surface area contributed by atoms with Gasteiger partial charge in [-0.05, 0) is 39.3 Å². The second kappa shape index (κ2) is 5.11. The first-order chi connectivity index (χ1) is 8.50. The summed E-state index contributed by atoms with van der Waals surface area (Å²) in [7, 11) is 0. The second-order valence-electron chi connectivity index (χ2n) is 5.70. The number of nitrogens with one attached hydrogen (secondary N) is 1. The molecule has 2 rings (SSSR count). The third-order valence-corrected chi connectivity index (χ3v) is 3.68. The van der Waals surface area contributed by atoms with E-state index in [9.17, 15) is 4.79 Å². The molecule has 1 N–H and O–H groups in total. The van der Waals surface area contributed by atoms with Crippen LogP contribution < -0.4 is 5.32 Å². The normalized spacial score (nSPS) is 24.4. The summed E-state index contributed by atoms with van der Waals surface area (Å²) in [6.45, 7) is 8.53. The van der Waals surface area contributed by atoms with Gasteiger partial charge >= 0.3 is 0 Å². The van der Waals surface area contributed by atoms with Crippen molar-refractivity contribution in [2.45, 2.75) is 38.8 Å². The smallest absolute Gasteiger partial charge is 0.251 e. The summed E-state index contributed by atoms with van der Waals surface area (Å²) in [5.41, 5.74) is 0.638. The van der Waals surface area contributed by atoms with Crippen LogP contribution in [0.1, 0.15) is 37.6 Å². The molecule has 1 saturated heterocycles. The highest BCUT2D eigenvalue weighted by Gasteiger charge is 2.35. The standard InChI is InChI=1S/C15H22N2O/c1-12(2)17-10-9-15(3,11-17)16-14(18)13-7-5-4-6-8-13/h4-8,12H,9-11H2,1-3H3,(H,16,18). The molecule has 1 aromatic rings. The van der Waals surface area contributed by atoms with Crippen LogP contribution in [0.2, 0.25) is 0 Å². The number of nitrogens with zero attached hydrogens (tertiary/aromatic N) is 1. The Morgan fingerprint density at radius 2 is 2.00 bits per heavy atom. The van der Waals surface area contributed by atoms with Crippen molar-refractivity contribution in [2.75, 3.05) is 13.1 Å². The van der Waals surface area contributed by atoms with Gasteiger partial charge in [-0.2, -0.15) is 0 Å². The van der Waals surface area contributed by atoms with Crippen molar-refractivity contribution in [2.24, 2.45) is 0 Å². The molecule has 1 atom stereocenters. The maximum atomic E-state index is 12.2. The number of likely N-dealkylation sites (tertiary alicyclic amines) is 1.